The lowest BCUT2D eigenvalue weighted by atomic mass is 10.1. The number of aliphatic imine (C=N–C) groups is 1. The van der Waals surface area contributed by atoms with Gasteiger partial charge in [0.2, 0.25) is 0 Å². The van der Waals surface area contributed by atoms with Crippen LogP contribution in [0.25, 0.3) is 5.70 Å². The van der Waals surface area contributed by atoms with Crippen molar-refractivity contribution in [1.82, 2.24) is 0 Å². The number of carbonyl (C=O) groups excluding carboxylic acids is 1. The summed E-state index contributed by atoms with van der Waals surface area (Å²) in [6.07, 6.45) is 5.05. The first-order valence-corrected chi connectivity index (χ1v) is 11.6. The highest BCUT2D eigenvalue weighted by Gasteiger charge is 2.14. The quantitative estimate of drug-likeness (QED) is 0.281. The van der Waals surface area contributed by atoms with E-state index in [0.29, 0.717) is 36.1 Å². The Morgan fingerprint density at radius 2 is 1.92 bits per heavy atom. The van der Waals surface area contributed by atoms with Gasteiger partial charge in [-0.15, -0.1) is 0 Å². The van der Waals surface area contributed by atoms with E-state index in [4.69, 9.17) is 21.0 Å². The van der Waals surface area contributed by atoms with E-state index in [1.165, 1.54) is 39.0 Å². The zero-order valence-corrected chi connectivity index (χ0v) is 21.7. The van der Waals surface area contributed by atoms with Crippen LogP contribution in [0.4, 0.5) is 25.8 Å². The van der Waals surface area contributed by atoms with Gasteiger partial charge in [0.05, 0.1) is 17.4 Å². The molecule has 1 aliphatic heterocycles. The number of aromatic hydroxyl groups is 1. The smallest absolute Gasteiger partial charge is 0.138 e. The van der Waals surface area contributed by atoms with Crippen LogP contribution >= 0.6 is 0 Å². The number of hydrogen-bond donors (Lipinski definition) is 4. The minimum Gasteiger partial charge on any atom is -0.508 e. The summed E-state index contributed by atoms with van der Waals surface area (Å²) < 4.78 is 31.6. The molecule has 1 atom stereocenters. The summed E-state index contributed by atoms with van der Waals surface area (Å²) in [5.41, 5.74) is 11.8. The number of nitrogens with one attached hydrogen (secondary N) is 1. The third-order valence-corrected chi connectivity index (χ3v) is 4.73. The third kappa shape index (κ3) is 13.6. The predicted molar refractivity (Wildman–Crippen MR) is 146 cm³/mol. The predicted octanol–water partition coefficient (Wildman–Crippen LogP) is 6.00. The van der Waals surface area contributed by atoms with E-state index in [0.717, 1.165) is 18.4 Å². The monoisotopic (exact) mass is 506 g/mol. The molecule has 7 nitrogen and oxygen atoms in total. The number of phenolic OH excluding ortho intramolecular Hbond substituents is 1. The minimum absolute atomic E-state index is 0.183. The Morgan fingerprint density at radius 3 is 2.31 bits per heavy atom. The van der Waals surface area contributed by atoms with E-state index in [1.807, 2.05) is 6.79 Å². The number of alkyl halides is 1. The molecule has 3 rings (SSSR count). The second kappa shape index (κ2) is 17.2. The zero-order valence-electron chi connectivity index (χ0n) is 21.7. The molecule has 200 valence electrons. The Hall–Kier alpha value is -3.30. The van der Waals surface area contributed by atoms with Gasteiger partial charge in [0.15, 0.2) is 0 Å². The Labute approximate surface area is 213 Å². The maximum Gasteiger partial charge on any atom is 0.138 e. The number of ether oxygens (including phenoxy) is 1. The van der Waals surface area contributed by atoms with Gasteiger partial charge < -0.3 is 31.4 Å². The van der Waals surface area contributed by atoms with Crippen molar-refractivity contribution in [3.63, 3.8) is 0 Å². The van der Waals surface area contributed by atoms with Crippen LogP contribution < -0.4 is 16.8 Å². The van der Waals surface area contributed by atoms with Gasteiger partial charge in [0.25, 0.3) is 0 Å². The SMILES string of the molecule is C=C(Nc1ccc(N)cc1)c1c(F)cc(O)cc1N=CC.C=O.CC(C)(F)CCN.C[C@@H]1CCCO1. The molecule has 0 aliphatic carbocycles. The second-order valence-electron chi connectivity index (χ2n) is 8.52. The van der Waals surface area contributed by atoms with Crippen LogP contribution in [0.3, 0.4) is 0 Å². The fraction of sp³-hybridized carbons (Fsp3) is 0.407. The Morgan fingerprint density at radius 1 is 1.31 bits per heavy atom. The molecule has 0 spiro atoms. The Balaban J connectivity index is 0.000000666. The van der Waals surface area contributed by atoms with E-state index >= 15 is 0 Å². The summed E-state index contributed by atoms with van der Waals surface area (Å²) >= 11 is 0. The van der Waals surface area contributed by atoms with Crippen molar-refractivity contribution in [2.24, 2.45) is 10.7 Å². The van der Waals surface area contributed by atoms with Gasteiger partial charge in [-0.1, -0.05) is 6.58 Å². The highest BCUT2D eigenvalue weighted by Crippen LogP contribution is 2.33. The lowest BCUT2D eigenvalue weighted by molar-refractivity contribution is -0.0980. The van der Waals surface area contributed by atoms with Crippen LogP contribution in [0.1, 0.15) is 52.5 Å². The Bertz CT molecular complexity index is 939. The van der Waals surface area contributed by atoms with E-state index in [-0.39, 0.29) is 11.3 Å². The molecule has 1 saturated heterocycles. The highest BCUT2D eigenvalue weighted by molar-refractivity contribution is 5.83. The van der Waals surface area contributed by atoms with Gasteiger partial charge in [-0.2, -0.15) is 0 Å². The van der Waals surface area contributed by atoms with Crippen LogP contribution in [-0.2, 0) is 9.53 Å². The lowest BCUT2D eigenvalue weighted by Crippen LogP contribution is -2.17. The van der Waals surface area contributed by atoms with E-state index in [1.54, 1.807) is 31.2 Å². The number of nitrogens with two attached hydrogens (primary N) is 2. The molecular weight excluding hydrogens is 466 g/mol. The van der Waals surface area contributed by atoms with E-state index < -0.39 is 11.5 Å². The first-order chi connectivity index (χ1) is 17.0. The van der Waals surface area contributed by atoms with Gasteiger partial charge in [0, 0.05) is 42.0 Å². The zero-order chi connectivity index (χ0) is 27.7. The second-order valence-corrected chi connectivity index (χ2v) is 8.52. The Kier molecular flexibility index (Phi) is 15.6. The van der Waals surface area contributed by atoms with Crippen molar-refractivity contribution in [1.29, 1.82) is 0 Å². The topological polar surface area (TPSA) is 123 Å². The van der Waals surface area contributed by atoms with E-state index in [9.17, 15) is 13.9 Å². The molecule has 1 heterocycles. The number of nitrogens with zero attached hydrogens (tertiary/aromatic N) is 1. The number of anilines is 2. The van der Waals surface area contributed by atoms with Gasteiger partial charge in [-0.05, 0) is 77.8 Å². The summed E-state index contributed by atoms with van der Waals surface area (Å²) in [4.78, 5) is 12.1. The van der Waals surface area contributed by atoms with Crippen molar-refractivity contribution < 1.29 is 23.4 Å². The molecule has 0 bridgehead atoms. The molecule has 9 heteroatoms. The largest absolute Gasteiger partial charge is 0.508 e. The van der Waals surface area contributed by atoms with Crippen LogP contribution in [0, 0.1) is 5.82 Å². The number of benzene rings is 2. The summed E-state index contributed by atoms with van der Waals surface area (Å²) in [6, 6.07) is 9.40. The van der Waals surface area contributed by atoms with Crippen LogP contribution in [-0.4, -0.2) is 43.0 Å². The van der Waals surface area contributed by atoms with Crippen LogP contribution in [0.5, 0.6) is 5.75 Å². The number of hydrogen-bond acceptors (Lipinski definition) is 7. The molecule has 2 aromatic rings. The number of carbonyl (C=O) groups is 1. The molecule has 1 aliphatic rings. The van der Waals surface area contributed by atoms with Crippen molar-refractivity contribution in [2.75, 3.05) is 24.2 Å². The summed E-state index contributed by atoms with van der Waals surface area (Å²) in [5, 5.41) is 12.5. The first-order valence-electron chi connectivity index (χ1n) is 11.6. The molecule has 0 amide bonds. The average molecular weight is 507 g/mol. The van der Waals surface area contributed by atoms with Crippen molar-refractivity contribution in [3.8, 4) is 5.75 Å². The standard InChI is InChI=1S/C16H16FN3O.C5H12FN.C5H10O.CH2O/c1-3-19-15-9-13(21)8-14(17)16(15)10(2)20-12-6-4-11(18)5-7-12;1-5(2,6)3-4-7;1-5-3-2-4-6-5;1-2/h3-9,20-21H,2,18H2,1H3;3-4,7H2,1-2H3;5H,2-4H2,1H3;1H2/t;;5-;/m..1./s1. The van der Waals surface area contributed by atoms with Gasteiger partial charge in [-0.3, -0.25) is 4.99 Å². The van der Waals surface area contributed by atoms with Crippen LogP contribution in [0.2, 0.25) is 0 Å². The fourth-order valence-corrected chi connectivity index (χ4v) is 3.00. The highest BCUT2D eigenvalue weighted by atomic mass is 19.1. The fourth-order valence-electron chi connectivity index (χ4n) is 3.00. The third-order valence-electron chi connectivity index (χ3n) is 4.73. The molecular formula is C27H40F2N4O3. The van der Waals surface area contributed by atoms with Crippen molar-refractivity contribution >= 4 is 35.8 Å². The van der Waals surface area contributed by atoms with E-state index in [2.05, 4.69) is 23.8 Å². The summed E-state index contributed by atoms with van der Waals surface area (Å²) in [7, 11) is 0. The maximum absolute atomic E-state index is 14.1. The van der Waals surface area contributed by atoms with Crippen molar-refractivity contribution in [2.45, 2.75) is 58.7 Å². The van der Waals surface area contributed by atoms with Gasteiger partial charge in [0.1, 0.15) is 24.0 Å². The minimum atomic E-state index is -1.07. The first kappa shape index (κ1) is 32.7. The molecule has 2 aromatic carbocycles. The molecule has 6 N–H and O–H groups in total. The normalized spacial score (nSPS) is 14.5. The summed E-state index contributed by atoms with van der Waals surface area (Å²) in [6.45, 7) is 14.1. The summed E-state index contributed by atoms with van der Waals surface area (Å²) in [5.74, 6) is -0.777. The molecule has 0 saturated carbocycles. The molecule has 36 heavy (non-hydrogen) atoms. The molecule has 0 unspecified atom stereocenters. The number of nitrogen functional groups attached to an aromatic ring is 1. The lowest BCUT2D eigenvalue weighted by Gasteiger charge is -2.13. The maximum atomic E-state index is 14.1. The van der Waals surface area contributed by atoms with Crippen molar-refractivity contribution in [3.05, 3.63) is 54.4 Å². The van der Waals surface area contributed by atoms with Gasteiger partial charge in [-0.25, -0.2) is 8.78 Å². The molecule has 0 radical (unpaired) electrons. The average Bonchev–Trinajstić information content (AvgIpc) is 3.27. The number of halogens is 2. The number of phenols is 1. The van der Waals surface area contributed by atoms with Gasteiger partial charge >= 0.3 is 0 Å². The van der Waals surface area contributed by atoms with Crippen LogP contribution in [0.15, 0.2) is 48.0 Å². The molecule has 0 aromatic heterocycles. The molecule has 1 fully saturated rings. The number of rotatable bonds is 6.